The molecule has 2 bridgehead atoms. The van der Waals surface area contributed by atoms with Crippen LogP contribution in [0, 0.1) is 11.8 Å². The quantitative estimate of drug-likeness (QED) is 0.203. The van der Waals surface area contributed by atoms with Crippen molar-refractivity contribution in [3.63, 3.8) is 0 Å². The Kier molecular flexibility index (Phi) is 10.7. The van der Waals surface area contributed by atoms with Gasteiger partial charge in [0.1, 0.15) is 17.9 Å². The number of quaternary nitrogens is 1. The van der Waals surface area contributed by atoms with Gasteiger partial charge in [0, 0.05) is 31.1 Å². The lowest BCUT2D eigenvalue weighted by Crippen LogP contribution is -3.00. The summed E-state index contributed by atoms with van der Waals surface area (Å²) in [4.78, 5) is 49.4. The number of fused-ring (bicyclic) bond motifs is 3. The van der Waals surface area contributed by atoms with E-state index in [1.54, 1.807) is 0 Å². The highest BCUT2D eigenvalue weighted by molar-refractivity contribution is 9.10. The second-order valence-electron chi connectivity index (χ2n) is 13.2. The SMILES string of the molecule is CC1(C(=O)Nc2ccccc2)C([C@@H](Br)C(=O)Nc2ccccc2)C2CC[N+]1(OC(=O)C1(c3ccccc3)CCCCCC1)CC2.[Br-]. The normalized spacial score (nSPS) is 27.3. The number of carbonyl (C=O) groups excluding carboxylic acids is 3. The van der Waals surface area contributed by atoms with Gasteiger partial charge in [0.15, 0.2) is 0 Å². The largest absolute Gasteiger partial charge is 1.00 e. The number of benzene rings is 3. The zero-order chi connectivity index (χ0) is 31.5. The lowest BCUT2D eigenvalue weighted by Gasteiger charge is -2.60. The van der Waals surface area contributed by atoms with E-state index in [1.165, 1.54) is 0 Å². The van der Waals surface area contributed by atoms with E-state index >= 15 is 0 Å². The van der Waals surface area contributed by atoms with Crippen LogP contribution in [0.2, 0.25) is 0 Å². The van der Waals surface area contributed by atoms with Crippen LogP contribution in [0.5, 0.6) is 0 Å². The summed E-state index contributed by atoms with van der Waals surface area (Å²) in [5.74, 6) is -1.05. The number of piperidine rings is 3. The molecule has 9 heteroatoms. The minimum Gasteiger partial charge on any atom is -1.00 e. The molecule has 1 saturated carbocycles. The van der Waals surface area contributed by atoms with E-state index in [2.05, 4.69) is 26.6 Å². The van der Waals surface area contributed by atoms with Crippen LogP contribution in [-0.4, -0.2) is 45.9 Å². The van der Waals surface area contributed by atoms with Gasteiger partial charge in [-0.1, -0.05) is 108 Å². The molecule has 46 heavy (non-hydrogen) atoms. The lowest BCUT2D eigenvalue weighted by molar-refractivity contribution is -1.13. The molecule has 244 valence electrons. The molecule has 2 unspecified atom stereocenters. The molecule has 7 nitrogen and oxygen atoms in total. The number of para-hydroxylation sites is 2. The van der Waals surface area contributed by atoms with Crippen molar-refractivity contribution in [3.05, 3.63) is 96.6 Å². The Hall–Kier alpha value is -3.01. The molecule has 4 fully saturated rings. The molecule has 2 N–H and O–H groups in total. The van der Waals surface area contributed by atoms with E-state index in [4.69, 9.17) is 4.84 Å². The van der Waals surface area contributed by atoms with E-state index in [1.807, 2.05) is 97.9 Å². The second kappa shape index (κ2) is 14.4. The van der Waals surface area contributed by atoms with Gasteiger partial charge in [0.2, 0.25) is 11.4 Å². The lowest BCUT2D eigenvalue weighted by atomic mass is 9.63. The van der Waals surface area contributed by atoms with Crippen LogP contribution in [0.3, 0.4) is 0 Å². The van der Waals surface area contributed by atoms with Crippen molar-refractivity contribution in [1.29, 1.82) is 0 Å². The van der Waals surface area contributed by atoms with Gasteiger partial charge >= 0.3 is 5.97 Å². The third kappa shape index (κ3) is 6.30. The van der Waals surface area contributed by atoms with Crippen LogP contribution in [0.25, 0.3) is 0 Å². The van der Waals surface area contributed by atoms with Crippen molar-refractivity contribution in [2.75, 3.05) is 23.7 Å². The highest BCUT2D eigenvalue weighted by Crippen LogP contribution is 2.54. The first-order valence-electron chi connectivity index (χ1n) is 16.3. The van der Waals surface area contributed by atoms with Gasteiger partial charge in [0.05, 0.1) is 11.3 Å². The number of amides is 2. The number of hydrogen-bond acceptors (Lipinski definition) is 4. The minimum atomic E-state index is -1.24. The maximum atomic E-state index is 14.8. The first-order valence-corrected chi connectivity index (χ1v) is 17.2. The fourth-order valence-corrected chi connectivity index (χ4v) is 9.29. The topological polar surface area (TPSA) is 84.5 Å². The van der Waals surface area contributed by atoms with Crippen molar-refractivity contribution in [2.45, 2.75) is 74.1 Å². The van der Waals surface area contributed by atoms with Gasteiger partial charge in [-0.05, 0) is 48.6 Å². The number of hydrogen-bond donors (Lipinski definition) is 2. The number of rotatable bonds is 8. The molecule has 2 amide bonds. The molecule has 4 aliphatic rings. The number of halogens is 2. The molecule has 0 radical (unpaired) electrons. The molecule has 3 saturated heterocycles. The minimum absolute atomic E-state index is 0. The maximum Gasteiger partial charge on any atom is 0.377 e. The summed E-state index contributed by atoms with van der Waals surface area (Å²) < 4.78 is -0.124. The predicted molar refractivity (Wildman–Crippen MR) is 179 cm³/mol. The zero-order valence-electron chi connectivity index (χ0n) is 26.3. The Labute approximate surface area is 290 Å². The first-order chi connectivity index (χ1) is 21.8. The van der Waals surface area contributed by atoms with Crippen molar-refractivity contribution in [1.82, 2.24) is 0 Å². The Morgan fingerprint density at radius 1 is 0.783 bits per heavy atom. The fourth-order valence-electron chi connectivity index (χ4n) is 8.23. The Morgan fingerprint density at radius 3 is 1.83 bits per heavy atom. The van der Waals surface area contributed by atoms with Crippen LogP contribution in [0.1, 0.15) is 63.9 Å². The highest BCUT2D eigenvalue weighted by Gasteiger charge is 2.71. The number of carbonyl (C=O) groups is 3. The van der Waals surface area contributed by atoms with Gasteiger partial charge in [0.25, 0.3) is 5.91 Å². The van der Waals surface area contributed by atoms with Gasteiger partial charge in [-0.25, -0.2) is 4.79 Å². The molecule has 1 aliphatic carbocycles. The monoisotopic (exact) mass is 751 g/mol. The van der Waals surface area contributed by atoms with Crippen LogP contribution in [-0.2, 0) is 24.6 Å². The summed E-state index contributed by atoms with van der Waals surface area (Å²) in [6, 6.07) is 28.8. The summed E-state index contributed by atoms with van der Waals surface area (Å²) in [7, 11) is 0. The molecular weight excluding hydrogens is 710 g/mol. The van der Waals surface area contributed by atoms with E-state index < -0.39 is 21.7 Å². The molecule has 0 spiro atoms. The first kappa shape index (κ1) is 34.3. The summed E-state index contributed by atoms with van der Waals surface area (Å²) in [5, 5.41) is 6.17. The Morgan fingerprint density at radius 2 is 1.28 bits per heavy atom. The Balaban J connectivity index is 0.00000417. The van der Waals surface area contributed by atoms with Crippen molar-refractivity contribution in [2.24, 2.45) is 11.8 Å². The van der Waals surface area contributed by atoms with Crippen molar-refractivity contribution in [3.8, 4) is 0 Å². The summed E-state index contributed by atoms with van der Waals surface area (Å²) in [6.45, 7) is 2.95. The van der Waals surface area contributed by atoms with Gasteiger partial charge in [-0.15, -0.1) is 4.65 Å². The van der Waals surface area contributed by atoms with Gasteiger partial charge in [-0.3, -0.25) is 14.4 Å². The summed E-state index contributed by atoms with van der Waals surface area (Å²) in [6.07, 6.45) is 7.02. The molecule has 3 heterocycles. The number of nitrogens with one attached hydrogen (secondary N) is 2. The number of alkyl halides is 1. The van der Waals surface area contributed by atoms with Crippen LogP contribution >= 0.6 is 15.9 Å². The highest BCUT2D eigenvalue weighted by atomic mass is 79.9. The maximum absolute atomic E-state index is 14.8. The molecule has 3 aromatic rings. The molecule has 3 aliphatic heterocycles. The number of nitrogens with zero attached hydrogens (tertiary/aromatic N) is 1. The van der Waals surface area contributed by atoms with Crippen LogP contribution in [0.15, 0.2) is 91.0 Å². The third-order valence-corrected chi connectivity index (χ3v) is 11.7. The smallest absolute Gasteiger partial charge is 0.377 e. The van der Waals surface area contributed by atoms with E-state index in [9.17, 15) is 14.4 Å². The van der Waals surface area contributed by atoms with E-state index in [0.717, 1.165) is 56.9 Å². The fraction of sp³-hybridized carbons (Fsp3) is 0.432. The summed E-state index contributed by atoms with van der Waals surface area (Å²) in [5.41, 5.74) is 0.326. The molecule has 3 atom stereocenters. The van der Waals surface area contributed by atoms with Crippen LogP contribution < -0.4 is 27.6 Å². The van der Waals surface area contributed by atoms with E-state index in [0.29, 0.717) is 24.5 Å². The standard InChI is InChI=1S/C37H42BrN3O4.BrH/c1-36(34(43)40-30-19-11-6-12-20-30)31(32(38)33(42)39-29-17-9-5-10-18-29)27-21-25-41(36,26-22-27)45-35(44)37(23-13-2-3-14-24-37)28-15-7-4-8-16-28;/h4-12,15-20,27,31-32H,2-3,13-14,21-26H2,1H3,(H-,39,40,42,43);1H/t27?,31?,32-,36?,41?;/m1./s1. The Bertz CT molecular complexity index is 1490. The third-order valence-electron chi connectivity index (χ3n) is 10.8. The zero-order valence-corrected chi connectivity index (χ0v) is 29.5. The molecule has 0 aromatic heterocycles. The average molecular weight is 754 g/mol. The van der Waals surface area contributed by atoms with Gasteiger partial charge in [-0.2, -0.15) is 0 Å². The molecule has 7 rings (SSSR count). The average Bonchev–Trinajstić information content (AvgIpc) is 3.34. The number of hydroxylamine groups is 3. The van der Waals surface area contributed by atoms with Crippen molar-refractivity contribution < 1.29 is 40.8 Å². The molecular formula is C37H43Br2N3O4. The van der Waals surface area contributed by atoms with Crippen LogP contribution in [0.4, 0.5) is 11.4 Å². The molecule has 3 aromatic carbocycles. The summed E-state index contributed by atoms with van der Waals surface area (Å²) >= 11 is 3.78. The van der Waals surface area contributed by atoms with E-state index in [-0.39, 0.29) is 45.3 Å². The van der Waals surface area contributed by atoms with Gasteiger partial charge < -0.3 is 27.6 Å². The predicted octanol–water partition coefficient (Wildman–Crippen LogP) is 4.40. The van der Waals surface area contributed by atoms with Crippen molar-refractivity contribution >= 4 is 45.1 Å². The number of anilines is 2. The second-order valence-corrected chi connectivity index (χ2v) is 14.2.